The summed E-state index contributed by atoms with van der Waals surface area (Å²) < 4.78 is 13.9. The Morgan fingerprint density at radius 3 is 2.62 bits per heavy atom. The summed E-state index contributed by atoms with van der Waals surface area (Å²) >= 11 is 3.12. The first-order valence-electron chi connectivity index (χ1n) is 6.34. The molecular weight excluding hydrogens is 337 g/mol. The van der Waals surface area contributed by atoms with E-state index in [1.165, 1.54) is 6.07 Å². The first-order valence-corrected chi connectivity index (χ1v) is 7.13. The Bertz CT molecular complexity index is 704. The summed E-state index contributed by atoms with van der Waals surface area (Å²) in [5.41, 5.74) is 2.41. The van der Waals surface area contributed by atoms with Crippen molar-refractivity contribution in [3.63, 3.8) is 0 Å². The third-order valence-electron chi connectivity index (χ3n) is 2.99. The highest BCUT2D eigenvalue weighted by Gasteiger charge is 2.12. The van der Waals surface area contributed by atoms with Crippen molar-refractivity contribution in [2.75, 3.05) is 17.7 Å². The number of hydrogen-bond donors (Lipinski definition) is 2. The molecule has 0 aliphatic carbocycles. The molecule has 0 fully saturated rings. The van der Waals surface area contributed by atoms with Crippen LogP contribution in [0.15, 0.2) is 28.7 Å². The molecule has 2 aromatic rings. The highest BCUT2D eigenvalue weighted by molar-refractivity contribution is 9.10. The molecule has 0 spiro atoms. The first kappa shape index (κ1) is 15.4. The fourth-order valence-electron chi connectivity index (χ4n) is 1.90. The molecule has 1 amide bonds. The van der Waals surface area contributed by atoms with Gasteiger partial charge >= 0.3 is 0 Å². The number of rotatable bonds is 3. The molecule has 21 heavy (non-hydrogen) atoms. The van der Waals surface area contributed by atoms with Crippen molar-refractivity contribution >= 4 is 33.3 Å². The van der Waals surface area contributed by atoms with Crippen molar-refractivity contribution in [3.8, 4) is 0 Å². The molecule has 0 aliphatic heterocycles. The zero-order valence-electron chi connectivity index (χ0n) is 11.9. The summed E-state index contributed by atoms with van der Waals surface area (Å²) in [6.45, 7) is 3.61. The normalized spacial score (nSPS) is 10.3. The van der Waals surface area contributed by atoms with Crippen LogP contribution in [0, 0.1) is 19.7 Å². The van der Waals surface area contributed by atoms with Crippen LogP contribution in [0.4, 0.5) is 15.9 Å². The molecule has 0 radical (unpaired) electrons. The fourth-order valence-corrected chi connectivity index (χ4v) is 2.36. The quantitative estimate of drug-likeness (QED) is 0.881. The van der Waals surface area contributed by atoms with Crippen LogP contribution in [0.1, 0.15) is 21.6 Å². The summed E-state index contributed by atoms with van der Waals surface area (Å²) in [6, 6.07) is 6.25. The molecule has 0 unspecified atom stereocenters. The van der Waals surface area contributed by atoms with Gasteiger partial charge in [0.15, 0.2) is 0 Å². The van der Waals surface area contributed by atoms with Gasteiger partial charge in [-0.1, -0.05) is 0 Å². The van der Waals surface area contributed by atoms with Crippen LogP contribution in [0.25, 0.3) is 0 Å². The number of nitrogens with one attached hydrogen (secondary N) is 2. The van der Waals surface area contributed by atoms with Gasteiger partial charge in [-0.15, -0.1) is 0 Å². The van der Waals surface area contributed by atoms with Gasteiger partial charge in [0.05, 0.1) is 4.47 Å². The number of anilines is 2. The number of amides is 1. The molecule has 0 bridgehead atoms. The Morgan fingerprint density at radius 2 is 1.95 bits per heavy atom. The van der Waals surface area contributed by atoms with E-state index in [0.29, 0.717) is 21.5 Å². The highest BCUT2D eigenvalue weighted by Crippen LogP contribution is 2.24. The van der Waals surface area contributed by atoms with Crippen molar-refractivity contribution in [2.45, 2.75) is 13.8 Å². The molecule has 2 rings (SSSR count). The number of hydrogen-bond acceptors (Lipinski definition) is 3. The van der Waals surface area contributed by atoms with Gasteiger partial charge in [0.1, 0.15) is 11.6 Å². The number of nitrogens with zero attached hydrogens (tertiary/aromatic N) is 1. The Labute approximate surface area is 130 Å². The predicted octanol–water partition coefficient (Wildman–Crippen LogP) is 3.89. The largest absolute Gasteiger partial charge is 0.373 e. The van der Waals surface area contributed by atoms with Crippen molar-refractivity contribution in [1.29, 1.82) is 0 Å². The summed E-state index contributed by atoms with van der Waals surface area (Å²) in [4.78, 5) is 16.5. The van der Waals surface area contributed by atoms with Crippen LogP contribution in [0.2, 0.25) is 0 Å². The van der Waals surface area contributed by atoms with E-state index in [9.17, 15) is 9.18 Å². The minimum Gasteiger partial charge on any atom is -0.373 e. The molecule has 1 aromatic carbocycles. The van der Waals surface area contributed by atoms with Gasteiger partial charge in [-0.05, 0) is 59.6 Å². The van der Waals surface area contributed by atoms with E-state index >= 15 is 0 Å². The molecule has 6 heteroatoms. The van der Waals surface area contributed by atoms with Gasteiger partial charge in [0.2, 0.25) is 0 Å². The molecule has 1 heterocycles. The van der Waals surface area contributed by atoms with Crippen LogP contribution in [-0.4, -0.2) is 17.9 Å². The van der Waals surface area contributed by atoms with E-state index in [0.717, 1.165) is 11.3 Å². The maximum atomic E-state index is 13.6. The lowest BCUT2D eigenvalue weighted by atomic mass is 10.1. The van der Waals surface area contributed by atoms with E-state index in [1.54, 1.807) is 32.2 Å². The van der Waals surface area contributed by atoms with Gasteiger partial charge in [-0.25, -0.2) is 9.37 Å². The van der Waals surface area contributed by atoms with Crippen LogP contribution in [0.5, 0.6) is 0 Å². The SMILES string of the molecule is CNc1cc(C(=O)Nc2cc(F)c(Br)cc2C)cc(C)n1. The summed E-state index contributed by atoms with van der Waals surface area (Å²) in [6.07, 6.45) is 0. The monoisotopic (exact) mass is 351 g/mol. The first-order chi connectivity index (χ1) is 9.90. The lowest BCUT2D eigenvalue weighted by molar-refractivity contribution is 0.102. The molecule has 2 N–H and O–H groups in total. The van der Waals surface area contributed by atoms with E-state index in [-0.39, 0.29) is 5.91 Å². The minimum absolute atomic E-state index is 0.304. The minimum atomic E-state index is -0.419. The number of pyridine rings is 1. The Hall–Kier alpha value is -1.95. The van der Waals surface area contributed by atoms with E-state index in [1.807, 2.05) is 6.92 Å². The standard InChI is InChI=1S/C15H15BrFN3O/c1-8-4-11(16)12(17)7-13(8)20-15(21)10-5-9(2)19-14(6-10)18-3/h4-7H,1-3H3,(H,18,19)(H,20,21). The molecule has 110 valence electrons. The second-order valence-electron chi connectivity index (χ2n) is 4.67. The Morgan fingerprint density at radius 1 is 1.24 bits per heavy atom. The number of benzene rings is 1. The lowest BCUT2D eigenvalue weighted by Gasteiger charge is -2.11. The number of aromatic nitrogens is 1. The molecule has 0 aliphatic rings. The van der Waals surface area contributed by atoms with Crippen LogP contribution < -0.4 is 10.6 Å². The third kappa shape index (κ3) is 3.58. The Kier molecular flexibility index (Phi) is 4.57. The van der Waals surface area contributed by atoms with Gasteiger partial charge in [-0.2, -0.15) is 0 Å². The maximum absolute atomic E-state index is 13.6. The van der Waals surface area contributed by atoms with Crippen LogP contribution in [-0.2, 0) is 0 Å². The summed E-state index contributed by atoms with van der Waals surface area (Å²) in [7, 11) is 1.73. The highest BCUT2D eigenvalue weighted by atomic mass is 79.9. The van der Waals surface area contributed by atoms with Crippen LogP contribution in [0.3, 0.4) is 0 Å². The van der Waals surface area contributed by atoms with Crippen molar-refractivity contribution in [3.05, 3.63) is 51.4 Å². The smallest absolute Gasteiger partial charge is 0.255 e. The number of carbonyl (C=O) groups is 1. The lowest BCUT2D eigenvalue weighted by Crippen LogP contribution is -2.14. The summed E-state index contributed by atoms with van der Waals surface area (Å²) in [5.74, 6) is -0.113. The second-order valence-corrected chi connectivity index (χ2v) is 5.52. The number of aryl methyl sites for hydroxylation is 2. The number of carbonyl (C=O) groups excluding carboxylic acids is 1. The molecule has 0 saturated carbocycles. The molecule has 0 saturated heterocycles. The fraction of sp³-hybridized carbons (Fsp3) is 0.200. The van der Waals surface area contributed by atoms with Crippen LogP contribution >= 0.6 is 15.9 Å². The predicted molar refractivity (Wildman–Crippen MR) is 85.3 cm³/mol. The zero-order chi connectivity index (χ0) is 15.6. The average Bonchev–Trinajstić information content (AvgIpc) is 2.43. The van der Waals surface area contributed by atoms with Gasteiger partial charge in [-0.3, -0.25) is 4.79 Å². The molecular formula is C15H15BrFN3O. The van der Waals surface area contributed by atoms with Crippen molar-refractivity contribution in [1.82, 2.24) is 4.98 Å². The van der Waals surface area contributed by atoms with E-state index in [4.69, 9.17) is 0 Å². The van der Waals surface area contributed by atoms with Crippen molar-refractivity contribution < 1.29 is 9.18 Å². The topological polar surface area (TPSA) is 54.0 Å². The number of halogens is 2. The average molecular weight is 352 g/mol. The Balaban J connectivity index is 2.30. The maximum Gasteiger partial charge on any atom is 0.255 e. The molecule has 1 aromatic heterocycles. The summed E-state index contributed by atoms with van der Waals surface area (Å²) in [5, 5.41) is 5.62. The molecule has 4 nitrogen and oxygen atoms in total. The third-order valence-corrected chi connectivity index (χ3v) is 3.59. The molecule has 0 atom stereocenters. The van der Waals surface area contributed by atoms with Crippen molar-refractivity contribution in [2.24, 2.45) is 0 Å². The zero-order valence-corrected chi connectivity index (χ0v) is 13.5. The van der Waals surface area contributed by atoms with Gasteiger partial charge in [0, 0.05) is 24.0 Å². The van der Waals surface area contributed by atoms with E-state index < -0.39 is 5.82 Å². The van der Waals surface area contributed by atoms with E-state index in [2.05, 4.69) is 31.5 Å². The van der Waals surface area contributed by atoms with Gasteiger partial charge in [0.25, 0.3) is 5.91 Å². The van der Waals surface area contributed by atoms with Gasteiger partial charge < -0.3 is 10.6 Å². The second kappa shape index (κ2) is 6.22.